The highest BCUT2D eigenvalue weighted by molar-refractivity contribution is 7.92. The highest BCUT2D eigenvalue weighted by Crippen LogP contribution is 2.23. The van der Waals surface area contributed by atoms with E-state index in [2.05, 4.69) is 5.32 Å². The summed E-state index contributed by atoms with van der Waals surface area (Å²) in [6.07, 6.45) is 1.38. The number of likely N-dealkylation sites (N-methyl/N-ethyl adjacent to an activating group) is 1. The number of carbonyl (C=O) groups is 2. The number of hydrogen-bond donors (Lipinski definition) is 1. The fourth-order valence-electron chi connectivity index (χ4n) is 3.64. The van der Waals surface area contributed by atoms with Crippen LogP contribution in [0.2, 0.25) is 0 Å². The van der Waals surface area contributed by atoms with Crippen LogP contribution in [0.4, 0.5) is 10.1 Å². The van der Waals surface area contributed by atoms with E-state index in [1.165, 1.54) is 17.0 Å². The second kappa shape index (κ2) is 12.0. The molecule has 2 aromatic rings. The van der Waals surface area contributed by atoms with Crippen molar-refractivity contribution < 1.29 is 22.4 Å². The molecule has 0 heterocycles. The van der Waals surface area contributed by atoms with Crippen molar-refractivity contribution in [3.63, 3.8) is 0 Å². The molecule has 7 nitrogen and oxygen atoms in total. The summed E-state index contributed by atoms with van der Waals surface area (Å²) in [5.74, 6) is -0.991. The molecule has 2 aromatic carbocycles. The molecule has 0 unspecified atom stereocenters. The standard InChI is InChI=1S/C25H34FN3O4S/c1-6-23(25(31)27-7-2)28(16-19-8-12-21(26)13-9-19)24(30)17-29(34(5,32)33)22-14-10-20(11-15-22)18(3)4/h8-15,18,23H,6-7,16-17H2,1-5H3,(H,27,31)/t23-/m1/s1. The molecule has 1 N–H and O–H groups in total. The summed E-state index contributed by atoms with van der Waals surface area (Å²) in [5.41, 5.74) is 2.04. The van der Waals surface area contributed by atoms with Gasteiger partial charge >= 0.3 is 0 Å². The van der Waals surface area contributed by atoms with Crippen LogP contribution in [0, 0.1) is 5.82 Å². The lowest BCUT2D eigenvalue weighted by molar-refractivity contribution is -0.140. The molecule has 0 aliphatic heterocycles. The second-order valence-electron chi connectivity index (χ2n) is 8.48. The Morgan fingerprint density at radius 3 is 2.06 bits per heavy atom. The Morgan fingerprint density at radius 1 is 1.00 bits per heavy atom. The first-order valence-corrected chi connectivity index (χ1v) is 13.2. The molecule has 0 saturated carbocycles. The first-order chi connectivity index (χ1) is 16.0. The van der Waals surface area contributed by atoms with Crippen molar-refractivity contribution in [1.29, 1.82) is 0 Å². The molecule has 2 rings (SSSR count). The number of rotatable bonds is 11. The van der Waals surface area contributed by atoms with Crippen LogP contribution in [-0.2, 0) is 26.2 Å². The molecule has 0 radical (unpaired) electrons. The van der Waals surface area contributed by atoms with Crippen LogP contribution in [0.15, 0.2) is 48.5 Å². The van der Waals surface area contributed by atoms with E-state index in [4.69, 9.17) is 0 Å². The quantitative estimate of drug-likeness (QED) is 0.520. The molecule has 0 aliphatic carbocycles. The van der Waals surface area contributed by atoms with Crippen LogP contribution in [0.3, 0.4) is 0 Å². The summed E-state index contributed by atoms with van der Waals surface area (Å²) < 4.78 is 39.7. The number of anilines is 1. The van der Waals surface area contributed by atoms with Gasteiger partial charge in [-0.3, -0.25) is 13.9 Å². The van der Waals surface area contributed by atoms with E-state index in [0.717, 1.165) is 16.1 Å². The maximum absolute atomic E-state index is 13.5. The van der Waals surface area contributed by atoms with Crippen LogP contribution in [0.5, 0.6) is 0 Å². The Morgan fingerprint density at radius 2 is 1.59 bits per heavy atom. The zero-order valence-electron chi connectivity index (χ0n) is 20.4. The molecule has 34 heavy (non-hydrogen) atoms. The minimum absolute atomic E-state index is 0.0403. The molecule has 1 atom stereocenters. The molecule has 0 fully saturated rings. The molecule has 9 heteroatoms. The summed E-state index contributed by atoms with van der Waals surface area (Å²) >= 11 is 0. The maximum Gasteiger partial charge on any atom is 0.244 e. The van der Waals surface area contributed by atoms with Crippen molar-refractivity contribution in [3.05, 3.63) is 65.5 Å². The third-order valence-electron chi connectivity index (χ3n) is 5.53. The fraction of sp³-hybridized carbons (Fsp3) is 0.440. The van der Waals surface area contributed by atoms with Crippen LogP contribution >= 0.6 is 0 Å². The molecule has 0 bridgehead atoms. The Balaban J connectivity index is 2.41. The highest BCUT2D eigenvalue weighted by Gasteiger charge is 2.31. The van der Waals surface area contributed by atoms with Crippen LogP contribution < -0.4 is 9.62 Å². The van der Waals surface area contributed by atoms with Gasteiger partial charge in [0.05, 0.1) is 11.9 Å². The molecular weight excluding hydrogens is 457 g/mol. The summed E-state index contributed by atoms with van der Waals surface area (Å²) in [6, 6.07) is 11.9. The zero-order valence-corrected chi connectivity index (χ0v) is 21.2. The monoisotopic (exact) mass is 491 g/mol. The van der Waals surface area contributed by atoms with Gasteiger partial charge in [0.2, 0.25) is 21.8 Å². The summed E-state index contributed by atoms with van der Waals surface area (Å²) in [5, 5.41) is 2.73. The molecule has 186 valence electrons. The minimum Gasteiger partial charge on any atom is -0.355 e. The molecular formula is C25H34FN3O4S. The van der Waals surface area contributed by atoms with E-state index in [1.54, 1.807) is 38.1 Å². The average Bonchev–Trinajstić information content (AvgIpc) is 2.78. The maximum atomic E-state index is 13.5. The normalized spacial score (nSPS) is 12.3. The van der Waals surface area contributed by atoms with E-state index >= 15 is 0 Å². The Kier molecular flexibility index (Phi) is 9.61. The first kappa shape index (κ1) is 27.3. The van der Waals surface area contributed by atoms with E-state index in [-0.39, 0.29) is 18.4 Å². The largest absolute Gasteiger partial charge is 0.355 e. The van der Waals surface area contributed by atoms with Gasteiger partial charge in [-0.25, -0.2) is 12.8 Å². The van der Waals surface area contributed by atoms with Gasteiger partial charge in [-0.05, 0) is 54.7 Å². The number of hydrogen-bond acceptors (Lipinski definition) is 4. The number of halogens is 1. The predicted molar refractivity (Wildman–Crippen MR) is 132 cm³/mol. The van der Waals surface area contributed by atoms with Gasteiger partial charge in [0.1, 0.15) is 18.4 Å². The van der Waals surface area contributed by atoms with Gasteiger partial charge in [-0.15, -0.1) is 0 Å². The van der Waals surface area contributed by atoms with Crippen molar-refractivity contribution >= 4 is 27.5 Å². The highest BCUT2D eigenvalue weighted by atomic mass is 32.2. The van der Waals surface area contributed by atoms with Crippen molar-refractivity contribution in [1.82, 2.24) is 10.2 Å². The average molecular weight is 492 g/mol. The van der Waals surface area contributed by atoms with E-state index in [9.17, 15) is 22.4 Å². The van der Waals surface area contributed by atoms with Gasteiger partial charge in [0.25, 0.3) is 0 Å². The van der Waals surface area contributed by atoms with Gasteiger partial charge in [-0.2, -0.15) is 0 Å². The van der Waals surface area contributed by atoms with E-state index in [0.29, 0.717) is 24.2 Å². The molecule has 0 aromatic heterocycles. The molecule has 2 amide bonds. The summed E-state index contributed by atoms with van der Waals surface area (Å²) in [6.45, 7) is 7.60. The number of nitrogens with one attached hydrogen (secondary N) is 1. The van der Waals surface area contributed by atoms with Crippen molar-refractivity contribution in [2.75, 3.05) is 23.7 Å². The van der Waals surface area contributed by atoms with Crippen molar-refractivity contribution in [2.24, 2.45) is 0 Å². The van der Waals surface area contributed by atoms with Crippen molar-refractivity contribution in [2.45, 2.75) is 52.6 Å². The Hall–Kier alpha value is -2.94. The molecule has 0 aliphatic rings. The Labute approximate surface area is 202 Å². The van der Waals surface area contributed by atoms with Crippen molar-refractivity contribution in [3.8, 4) is 0 Å². The molecule has 0 spiro atoms. The van der Waals surface area contributed by atoms with Gasteiger partial charge < -0.3 is 10.2 Å². The van der Waals surface area contributed by atoms with E-state index < -0.39 is 34.3 Å². The molecule has 0 saturated heterocycles. The fourth-order valence-corrected chi connectivity index (χ4v) is 4.49. The number of benzene rings is 2. The lowest BCUT2D eigenvalue weighted by Gasteiger charge is -2.32. The number of nitrogens with zero attached hydrogens (tertiary/aromatic N) is 2. The predicted octanol–water partition coefficient (Wildman–Crippen LogP) is 3.66. The SMILES string of the molecule is CCNC(=O)[C@@H](CC)N(Cc1ccc(F)cc1)C(=O)CN(c1ccc(C(C)C)cc1)S(C)(=O)=O. The first-order valence-electron chi connectivity index (χ1n) is 11.4. The number of carbonyl (C=O) groups excluding carboxylic acids is 2. The van der Waals surface area contributed by atoms with E-state index in [1.807, 2.05) is 26.0 Å². The van der Waals surface area contributed by atoms with Crippen LogP contribution in [-0.4, -0.2) is 50.5 Å². The lowest BCUT2D eigenvalue weighted by Crippen LogP contribution is -2.52. The third-order valence-corrected chi connectivity index (χ3v) is 6.67. The second-order valence-corrected chi connectivity index (χ2v) is 10.4. The number of amides is 2. The van der Waals surface area contributed by atoms with Gasteiger partial charge in [0, 0.05) is 13.1 Å². The van der Waals surface area contributed by atoms with Crippen LogP contribution in [0.25, 0.3) is 0 Å². The van der Waals surface area contributed by atoms with Gasteiger partial charge in [0.15, 0.2) is 0 Å². The minimum atomic E-state index is -3.79. The Bertz CT molecular complexity index is 1070. The smallest absolute Gasteiger partial charge is 0.244 e. The zero-order chi connectivity index (χ0) is 25.5. The summed E-state index contributed by atoms with van der Waals surface area (Å²) in [7, 11) is -3.79. The lowest BCUT2D eigenvalue weighted by atomic mass is 10.0. The third kappa shape index (κ3) is 7.28. The van der Waals surface area contributed by atoms with Crippen LogP contribution in [0.1, 0.15) is 51.2 Å². The summed E-state index contributed by atoms with van der Waals surface area (Å²) in [4.78, 5) is 27.6. The van der Waals surface area contributed by atoms with Gasteiger partial charge in [-0.1, -0.05) is 45.0 Å². The topological polar surface area (TPSA) is 86.8 Å². The number of sulfonamides is 1.